The Bertz CT molecular complexity index is 978. The number of amides is 2. The van der Waals surface area contributed by atoms with Crippen molar-refractivity contribution in [3.8, 4) is 11.3 Å². The number of rotatable bonds is 3. The summed E-state index contributed by atoms with van der Waals surface area (Å²) in [6.45, 7) is 3.64. The molecule has 3 aromatic rings. The standard InChI is InChI=1S/C19H17N3O3S/c1-11-8-14-9-13(5-6-16(14)22(11)12(2)23)15-10-26-19(20-15)21-18(24)17-4-3-7-25-17/h3-7,9-11H,8H2,1-2H3,(H,20,21,24). The zero-order chi connectivity index (χ0) is 18.3. The number of fused-ring (bicyclic) bond motifs is 1. The van der Waals surface area contributed by atoms with Crippen molar-refractivity contribution in [1.29, 1.82) is 0 Å². The lowest BCUT2D eigenvalue weighted by Gasteiger charge is -2.20. The summed E-state index contributed by atoms with van der Waals surface area (Å²) in [5.74, 6) is -0.0195. The number of carbonyl (C=O) groups excluding carboxylic acids is 2. The van der Waals surface area contributed by atoms with Gasteiger partial charge in [-0.25, -0.2) is 4.98 Å². The van der Waals surface area contributed by atoms with Crippen LogP contribution in [0, 0.1) is 0 Å². The van der Waals surface area contributed by atoms with Crippen molar-refractivity contribution in [3.05, 3.63) is 53.3 Å². The Morgan fingerprint density at radius 3 is 2.92 bits per heavy atom. The molecule has 26 heavy (non-hydrogen) atoms. The lowest BCUT2D eigenvalue weighted by Crippen LogP contribution is -2.33. The van der Waals surface area contributed by atoms with Crippen LogP contribution in [0.25, 0.3) is 11.3 Å². The van der Waals surface area contributed by atoms with Crippen molar-refractivity contribution in [2.24, 2.45) is 0 Å². The zero-order valence-electron chi connectivity index (χ0n) is 14.4. The molecule has 1 atom stereocenters. The van der Waals surface area contributed by atoms with Gasteiger partial charge in [-0.3, -0.25) is 14.9 Å². The van der Waals surface area contributed by atoms with E-state index in [0.29, 0.717) is 5.13 Å². The summed E-state index contributed by atoms with van der Waals surface area (Å²) in [6.07, 6.45) is 2.28. The van der Waals surface area contributed by atoms with Gasteiger partial charge in [-0.15, -0.1) is 11.3 Å². The summed E-state index contributed by atoms with van der Waals surface area (Å²) in [5.41, 5.74) is 3.87. The molecule has 2 amide bonds. The van der Waals surface area contributed by atoms with Crippen LogP contribution in [-0.4, -0.2) is 22.8 Å². The highest BCUT2D eigenvalue weighted by Gasteiger charge is 2.29. The minimum Gasteiger partial charge on any atom is -0.459 e. The molecule has 0 spiro atoms. The van der Waals surface area contributed by atoms with Gasteiger partial charge in [-0.1, -0.05) is 6.07 Å². The van der Waals surface area contributed by atoms with E-state index >= 15 is 0 Å². The number of anilines is 2. The Kier molecular flexibility index (Phi) is 4.08. The van der Waals surface area contributed by atoms with Crippen molar-refractivity contribution in [2.45, 2.75) is 26.3 Å². The quantitative estimate of drug-likeness (QED) is 0.760. The average molecular weight is 367 g/mol. The van der Waals surface area contributed by atoms with Gasteiger partial charge in [-0.2, -0.15) is 0 Å². The maximum absolute atomic E-state index is 12.0. The van der Waals surface area contributed by atoms with E-state index in [1.54, 1.807) is 19.1 Å². The lowest BCUT2D eigenvalue weighted by atomic mass is 10.1. The van der Waals surface area contributed by atoms with Crippen LogP contribution in [-0.2, 0) is 11.2 Å². The van der Waals surface area contributed by atoms with E-state index in [4.69, 9.17) is 4.42 Å². The first-order valence-electron chi connectivity index (χ1n) is 8.26. The molecule has 0 radical (unpaired) electrons. The summed E-state index contributed by atoms with van der Waals surface area (Å²) in [5, 5.41) is 5.16. The third-order valence-corrected chi connectivity index (χ3v) is 5.16. The molecule has 0 aliphatic carbocycles. The highest BCUT2D eigenvalue weighted by Crippen LogP contribution is 2.36. The molecule has 132 valence electrons. The molecule has 1 aromatic carbocycles. The Morgan fingerprint density at radius 1 is 1.35 bits per heavy atom. The molecule has 0 saturated heterocycles. The van der Waals surface area contributed by atoms with Crippen molar-refractivity contribution in [1.82, 2.24) is 4.98 Å². The van der Waals surface area contributed by atoms with E-state index in [1.165, 1.54) is 17.6 Å². The van der Waals surface area contributed by atoms with E-state index in [9.17, 15) is 9.59 Å². The molecule has 7 heteroatoms. The molecule has 0 fully saturated rings. The number of hydrogen-bond acceptors (Lipinski definition) is 5. The number of carbonyl (C=O) groups is 2. The van der Waals surface area contributed by atoms with E-state index in [2.05, 4.69) is 16.4 Å². The molecule has 1 aliphatic rings. The monoisotopic (exact) mass is 367 g/mol. The average Bonchev–Trinajstić information content (AvgIpc) is 3.32. The van der Waals surface area contributed by atoms with Crippen LogP contribution in [0.15, 0.2) is 46.4 Å². The summed E-state index contributed by atoms with van der Waals surface area (Å²) in [7, 11) is 0. The fourth-order valence-electron chi connectivity index (χ4n) is 3.30. The van der Waals surface area contributed by atoms with Gasteiger partial charge in [0.25, 0.3) is 5.91 Å². The lowest BCUT2D eigenvalue weighted by molar-refractivity contribution is -0.116. The first-order valence-corrected chi connectivity index (χ1v) is 9.14. The van der Waals surface area contributed by atoms with Gasteiger partial charge in [0, 0.05) is 29.6 Å². The van der Waals surface area contributed by atoms with Crippen LogP contribution in [0.4, 0.5) is 10.8 Å². The first kappa shape index (κ1) is 16.5. The Hall–Kier alpha value is -2.93. The molecule has 4 rings (SSSR count). The fraction of sp³-hybridized carbons (Fsp3) is 0.211. The van der Waals surface area contributed by atoms with Gasteiger partial charge >= 0.3 is 0 Å². The Balaban J connectivity index is 1.56. The van der Waals surface area contributed by atoms with Gasteiger partial charge < -0.3 is 9.32 Å². The van der Waals surface area contributed by atoms with Gasteiger partial charge in [0.15, 0.2) is 10.9 Å². The predicted octanol–water partition coefficient (Wildman–Crippen LogP) is 3.95. The van der Waals surface area contributed by atoms with E-state index < -0.39 is 0 Å². The minimum absolute atomic E-state index is 0.0561. The number of aromatic nitrogens is 1. The van der Waals surface area contributed by atoms with Crippen LogP contribution in [0.3, 0.4) is 0 Å². The van der Waals surface area contributed by atoms with E-state index in [-0.39, 0.29) is 23.6 Å². The predicted molar refractivity (Wildman–Crippen MR) is 101 cm³/mol. The normalized spacial score (nSPS) is 15.8. The largest absolute Gasteiger partial charge is 0.459 e. The molecular formula is C19H17N3O3S. The highest BCUT2D eigenvalue weighted by molar-refractivity contribution is 7.14. The number of furan rings is 1. The third-order valence-electron chi connectivity index (χ3n) is 4.40. The summed E-state index contributed by atoms with van der Waals surface area (Å²) < 4.78 is 5.08. The van der Waals surface area contributed by atoms with Crippen LogP contribution >= 0.6 is 11.3 Å². The Morgan fingerprint density at radius 2 is 2.19 bits per heavy atom. The second-order valence-corrected chi connectivity index (χ2v) is 7.11. The second-order valence-electron chi connectivity index (χ2n) is 6.25. The zero-order valence-corrected chi connectivity index (χ0v) is 15.2. The van der Waals surface area contributed by atoms with Gasteiger partial charge in [0.1, 0.15) is 0 Å². The molecule has 2 aromatic heterocycles. The SMILES string of the molecule is CC(=O)N1c2ccc(-c3csc(NC(=O)c4ccco4)n3)cc2CC1C. The molecule has 1 aliphatic heterocycles. The minimum atomic E-state index is -0.323. The molecule has 3 heterocycles. The number of nitrogens with zero attached hydrogens (tertiary/aromatic N) is 2. The number of nitrogens with one attached hydrogen (secondary N) is 1. The van der Waals surface area contributed by atoms with Crippen LogP contribution < -0.4 is 10.2 Å². The summed E-state index contributed by atoms with van der Waals surface area (Å²) in [6, 6.07) is 9.43. The number of benzene rings is 1. The van der Waals surface area contributed by atoms with Crippen molar-refractivity contribution in [2.75, 3.05) is 10.2 Å². The third kappa shape index (κ3) is 2.90. The summed E-state index contributed by atoms with van der Waals surface area (Å²) in [4.78, 5) is 30.2. The molecule has 1 N–H and O–H groups in total. The smallest absolute Gasteiger partial charge is 0.293 e. The van der Waals surface area contributed by atoms with Crippen LogP contribution in [0.2, 0.25) is 0 Å². The topological polar surface area (TPSA) is 75.4 Å². The van der Waals surface area contributed by atoms with Gasteiger partial charge in [0.05, 0.1) is 12.0 Å². The highest BCUT2D eigenvalue weighted by atomic mass is 32.1. The maximum Gasteiger partial charge on any atom is 0.293 e. The van der Waals surface area contributed by atoms with Crippen molar-refractivity contribution >= 4 is 34.0 Å². The van der Waals surface area contributed by atoms with Crippen molar-refractivity contribution < 1.29 is 14.0 Å². The second kappa shape index (κ2) is 6.42. The molecule has 1 unspecified atom stereocenters. The Labute approximate surface area is 154 Å². The number of hydrogen-bond donors (Lipinski definition) is 1. The fourth-order valence-corrected chi connectivity index (χ4v) is 4.02. The van der Waals surface area contributed by atoms with Gasteiger partial charge in [-0.05, 0) is 43.2 Å². The molecule has 0 bridgehead atoms. The van der Waals surface area contributed by atoms with E-state index in [0.717, 1.165) is 28.9 Å². The van der Waals surface area contributed by atoms with E-state index in [1.807, 2.05) is 29.3 Å². The number of thiazole rings is 1. The molecular weight excluding hydrogens is 350 g/mol. The summed E-state index contributed by atoms with van der Waals surface area (Å²) >= 11 is 1.36. The maximum atomic E-state index is 12.0. The first-order chi connectivity index (χ1) is 12.5. The van der Waals surface area contributed by atoms with Gasteiger partial charge in [0.2, 0.25) is 5.91 Å². The molecule has 6 nitrogen and oxygen atoms in total. The molecule has 0 saturated carbocycles. The van der Waals surface area contributed by atoms with Crippen LogP contribution in [0.1, 0.15) is 30.0 Å². The van der Waals surface area contributed by atoms with Crippen LogP contribution in [0.5, 0.6) is 0 Å². The van der Waals surface area contributed by atoms with Crippen molar-refractivity contribution in [3.63, 3.8) is 0 Å².